The predicted octanol–water partition coefficient (Wildman–Crippen LogP) is 2.54. The number of aliphatic hydroxyl groups is 1. The largest absolute Gasteiger partial charge is 0.396 e. The number of nitrogens with zero attached hydrogens (tertiary/aromatic N) is 1. The number of hydrogen-bond acceptors (Lipinski definition) is 2. The van der Waals surface area contributed by atoms with Gasteiger partial charge in [-0.05, 0) is 55.9 Å². The lowest BCUT2D eigenvalue weighted by molar-refractivity contribution is 0.136. The van der Waals surface area contributed by atoms with E-state index in [-0.39, 0.29) is 18.6 Å². The van der Waals surface area contributed by atoms with Crippen LogP contribution in [0.3, 0.4) is 0 Å². The van der Waals surface area contributed by atoms with Gasteiger partial charge < -0.3 is 15.3 Å². The third-order valence-electron chi connectivity index (χ3n) is 3.54. The van der Waals surface area contributed by atoms with E-state index in [1.165, 1.54) is 0 Å². The molecule has 1 heterocycles. The number of piperidine rings is 1. The van der Waals surface area contributed by atoms with Crippen LogP contribution in [0, 0.1) is 19.8 Å². The second-order valence-corrected chi connectivity index (χ2v) is 5.44. The van der Waals surface area contributed by atoms with E-state index >= 15 is 0 Å². The van der Waals surface area contributed by atoms with Gasteiger partial charge in [0.05, 0.1) is 0 Å². The molecule has 1 aliphatic rings. The van der Waals surface area contributed by atoms with Gasteiger partial charge in [0.25, 0.3) is 0 Å². The highest BCUT2D eigenvalue weighted by Crippen LogP contribution is 2.18. The van der Waals surface area contributed by atoms with Crippen molar-refractivity contribution in [1.29, 1.82) is 0 Å². The van der Waals surface area contributed by atoms with Gasteiger partial charge in [-0.15, -0.1) is 0 Å². The zero-order valence-corrected chi connectivity index (χ0v) is 11.6. The van der Waals surface area contributed by atoms with E-state index in [9.17, 15) is 9.90 Å². The van der Waals surface area contributed by atoms with Crippen molar-refractivity contribution in [3.8, 4) is 0 Å². The molecule has 19 heavy (non-hydrogen) atoms. The molecule has 2 N–H and O–H groups in total. The molecule has 4 heteroatoms. The normalized spacial score (nSPS) is 19.3. The summed E-state index contributed by atoms with van der Waals surface area (Å²) in [6, 6.07) is 5.96. The smallest absolute Gasteiger partial charge is 0.321 e. The Bertz CT molecular complexity index is 439. The van der Waals surface area contributed by atoms with Crippen molar-refractivity contribution < 1.29 is 9.90 Å². The van der Waals surface area contributed by atoms with Crippen LogP contribution in [0.1, 0.15) is 24.0 Å². The fourth-order valence-corrected chi connectivity index (χ4v) is 2.65. The predicted molar refractivity (Wildman–Crippen MR) is 76.3 cm³/mol. The monoisotopic (exact) mass is 262 g/mol. The Morgan fingerprint density at radius 2 is 2.05 bits per heavy atom. The molecule has 1 aromatic carbocycles. The molecular weight excluding hydrogens is 240 g/mol. The number of amides is 2. The first kappa shape index (κ1) is 13.9. The fraction of sp³-hybridized carbons (Fsp3) is 0.533. The highest BCUT2D eigenvalue weighted by molar-refractivity contribution is 5.89. The van der Waals surface area contributed by atoms with Crippen molar-refractivity contribution in [3.05, 3.63) is 29.3 Å². The lowest BCUT2D eigenvalue weighted by Crippen LogP contribution is -2.43. The number of benzene rings is 1. The fourth-order valence-electron chi connectivity index (χ4n) is 2.65. The van der Waals surface area contributed by atoms with E-state index in [0.717, 1.165) is 36.2 Å². The van der Waals surface area contributed by atoms with Gasteiger partial charge in [0.1, 0.15) is 0 Å². The summed E-state index contributed by atoms with van der Waals surface area (Å²) in [4.78, 5) is 14.0. The second-order valence-electron chi connectivity index (χ2n) is 5.44. The molecule has 2 rings (SSSR count). The first-order valence-corrected chi connectivity index (χ1v) is 6.83. The van der Waals surface area contributed by atoms with Gasteiger partial charge in [-0.25, -0.2) is 4.79 Å². The SMILES string of the molecule is Cc1cc(C)cc(NC(=O)N2CCCC(CO)C2)c1. The van der Waals surface area contributed by atoms with Crippen LogP contribution in [0.5, 0.6) is 0 Å². The number of nitrogens with one attached hydrogen (secondary N) is 1. The lowest BCUT2D eigenvalue weighted by atomic mass is 9.99. The Morgan fingerprint density at radius 1 is 1.37 bits per heavy atom. The van der Waals surface area contributed by atoms with Crippen molar-refractivity contribution in [2.75, 3.05) is 25.0 Å². The van der Waals surface area contributed by atoms with Crippen LogP contribution in [-0.2, 0) is 0 Å². The van der Waals surface area contributed by atoms with Crippen molar-refractivity contribution in [2.45, 2.75) is 26.7 Å². The first-order valence-electron chi connectivity index (χ1n) is 6.83. The maximum atomic E-state index is 12.2. The van der Waals surface area contributed by atoms with Crippen LogP contribution in [0.2, 0.25) is 0 Å². The molecule has 1 aliphatic heterocycles. The molecule has 0 aliphatic carbocycles. The Morgan fingerprint density at radius 3 is 2.68 bits per heavy atom. The van der Waals surface area contributed by atoms with Crippen molar-refractivity contribution >= 4 is 11.7 Å². The third-order valence-corrected chi connectivity index (χ3v) is 3.54. The number of likely N-dealkylation sites (tertiary alicyclic amines) is 1. The van der Waals surface area contributed by atoms with E-state index < -0.39 is 0 Å². The molecule has 104 valence electrons. The summed E-state index contributed by atoms with van der Waals surface area (Å²) in [5, 5.41) is 12.1. The van der Waals surface area contributed by atoms with E-state index in [1.807, 2.05) is 26.0 Å². The Hall–Kier alpha value is -1.55. The molecule has 0 aromatic heterocycles. The standard InChI is InChI=1S/C15H22N2O2/c1-11-6-12(2)8-14(7-11)16-15(19)17-5-3-4-13(9-17)10-18/h6-8,13,18H,3-5,9-10H2,1-2H3,(H,16,19). The van der Waals surface area contributed by atoms with Gasteiger partial charge in [0, 0.05) is 25.4 Å². The van der Waals surface area contributed by atoms with E-state index in [2.05, 4.69) is 11.4 Å². The average Bonchev–Trinajstić information content (AvgIpc) is 2.37. The topological polar surface area (TPSA) is 52.6 Å². The minimum Gasteiger partial charge on any atom is -0.396 e. The quantitative estimate of drug-likeness (QED) is 0.860. The highest BCUT2D eigenvalue weighted by Gasteiger charge is 2.23. The third kappa shape index (κ3) is 3.70. The number of aryl methyl sites for hydroxylation is 2. The minimum absolute atomic E-state index is 0.0665. The Balaban J connectivity index is 2.00. The molecule has 0 bridgehead atoms. The Kier molecular flexibility index (Phi) is 4.43. The van der Waals surface area contributed by atoms with Crippen LogP contribution in [0.25, 0.3) is 0 Å². The molecule has 1 fully saturated rings. The zero-order valence-electron chi connectivity index (χ0n) is 11.6. The lowest BCUT2D eigenvalue weighted by Gasteiger charge is -2.31. The summed E-state index contributed by atoms with van der Waals surface area (Å²) in [5.74, 6) is 0.221. The van der Waals surface area contributed by atoms with Gasteiger partial charge in [0.15, 0.2) is 0 Å². The molecule has 0 saturated carbocycles. The van der Waals surface area contributed by atoms with Gasteiger partial charge in [-0.2, -0.15) is 0 Å². The van der Waals surface area contributed by atoms with E-state index in [1.54, 1.807) is 4.90 Å². The molecule has 1 saturated heterocycles. The number of carbonyl (C=O) groups excluding carboxylic acids is 1. The number of rotatable bonds is 2. The van der Waals surface area contributed by atoms with Crippen molar-refractivity contribution in [3.63, 3.8) is 0 Å². The van der Waals surface area contributed by atoms with E-state index in [4.69, 9.17) is 0 Å². The van der Waals surface area contributed by atoms with Crippen molar-refractivity contribution in [2.24, 2.45) is 5.92 Å². The second kappa shape index (κ2) is 6.06. The summed E-state index contributed by atoms with van der Waals surface area (Å²) < 4.78 is 0. The summed E-state index contributed by atoms with van der Waals surface area (Å²) >= 11 is 0. The molecule has 0 radical (unpaired) electrons. The van der Waals surface area contributed by atoms with Crippen LogP contribution < -0.4 is 5.32 Å². The summed E-state index contributed by atoms with van der Waals surface area (Å²) in [6.45, 7) is 5.62. The van der Waals surface area contributed by atoms with Gasteiger partial charge in [0.2, 0.25) is 0 Å². The molecule has 0 spiro atoms. The van der Waals surface area contributed by atoms with Gasteiger partial charge >= 0.3 is 6.03 Å². The maximum absolute atomic E-state index is 12.2. The maximum Gasteiger partial charge on any atom is 0.321 e. The molecule has 2 amide bonds. The number of aliphatic hydroxyl groups excluding tert-OH is 1. The van der Waals surface area contributed by atoms with Gasteiger partial charge in [-0.1, -0.05) is 6.07 Å². The van der Waals surface area contributed by atoms with Crippen LogP contribution in [0.15, 0.2) is 18.2 Å². The number of urea groups is 1. The highest BCUT2D eigenvalue weighted by atomic mass is 16.3. The summed E-state index contributed by atoms with van der Waals surface area (Å²) in [5.41, 5.74) is 3.12. The minimum atomic E-state index is -0.0665. The average molecular weight is 262 g/mol. The molecular formula is C15H22N2O2. The zero-order chi connectivity index (χ0) is 13.8. The van der Waals surface area contributed by atoms with Crippen LogP contribution in [0.4, 0.5) is 10.5 Å². The van der Waals surface area contributed by atoms with Crippen LogP contribution in [-0.4, -0.2) is 35.7 Å². The van der Waals surface area contributed by atoms with E-state index in [0.29, 0.717) is 6.54 Å². The van der Waals surface area contributed by atoms with Crippen LogP contribution >= 0.6 is 0 Å². The van der Waals surface area contributed by atoms with Crippen molar-refractivity contribution in [1.82, 2.24) is 4.90 Å². The molecule has 1 atom stereocenters. The number of anilines is 1. The summed E-state index contributed by atoms with van der Waals surface area (Å²) in [6.07, 6.45) is 1.97. The molecule has 1 unspecified atom stereocenters. The molecule has 1 aromatic rings. The first-order chi connectivity index (χ1) is 9.08. The summed E-state index contributed by atoms with van der Waals surface area (Å²) in [7, 11) is 0. The number of carbonyl (C=O) groups is 1. The number of hydrogen-bond donors (Lipinski definition) is 2. The molecule has 4 nitrogen and oxygen atoms in total. The van der Waals surface area contributed by atoms with Gasteiger partial charge in [-0.3, -0.25) is 0 Å². The Labute approximate surface area is 114 Å².